The molecule has 0 saturated heterocycles. The van der Waals surface area contributed by atoms with Gasteiger partial charge in [0.25, 0.3) is 0 Å². The van der Waals surface area contributed by atoms with Crippen LogP contribution in [-0.2, 0) is 14.2 Å². The standard InChI is InChI=1S/C18H30O6/c1-13(2)19-10-22-16-8-7-9-17(23-11-20-14(3)4)18(16)24-12-21-15(5)6/h7-9,13-15H,10-12H2,1-6H3. The van der Waals surface area contributed by atoms with Gasteiger partial charge < -0.3 is 28.4 Å². The fourth-order valence-electron chi connectivity index (χ4n) is 1.56. The third kappa shape index (κ3) is 8.38. The Morgan fingerprint density at radius 3 is 1.38 bits per heavy atom. The van der Waals surface area contributed by atoms with Crippen LogP contribution >= 0.6 is 0 Å². The molecule has 1 rings (SSSR count). The van der Waals surface area contributed by atoms with E-state index in [-0.39, 0.29) is 38.7 Å². The molecule has 0 fully saturated rings. The quantitative estimate of drug-likeness (QED) is 0.536. The zero-order valence-electron chi connectivity index (χ0n) is 15.5. The van der Waals surface area contributed by atoms with Crippen LogP contribution in [0.2, 0.25) is 0 Å². The second-order valence-corrected chi connectivity index (χ2v) is 6.02. The molecule has 0 radical (unpaired) electrons. The molecule has 138 valence electrons. The highest BCUT2D eigenvalue weighted by atomic mass is 16.7. The normalized spacial score (nSPS) is 11.4. The van der Waals surface area contributed by atoms with Gasteiger partial charge in [-0.15, -0.1) is 0 Å². The lowest BCUT2D eigenvalue weighted by atomic mass is 10.3. The fraction of sp³-hybridized carbons (Fsp3) is 0.667. The number of hydrogen-bond donors (Lipinski definition) is 0. The largest absolute Gasteiger partial charge is 0.463 e. The van der Waals surface area contributed by atoms with Crippen LogP contribution in [0.5, 0.6) is 17.2 Å². The zero-order valence-corrected chi connectivity index (χ0v) is 15.5. The maximum absolute atomic E-state index is 5.71. The van der Waals surface area contributed by atoms with Crippen LogP contribution in [0, 0.1) is 0 Å². The van der Waals surface area contributed by atoms with Crippen molar-refractivity contribution in [3.05, 3.63) is 18.2 Å². The van der Waals surface area contributed by atoms with Gasteiger partial charge in [0, 0.05) is 0 Å². The monoisotopic (exact) mass is 342 g/mol. The van der Waals surface area contributed by atoms with Crippen LogP contribution in [0.1, 0.15) is 41.5 Å². The van der Waals surface area contributed by atoms with E-state index in [4.69, 9.17) is 28.4 Å². The molecule has 0 aliphatic rings. The Kier molecular flexibility index (Phi) is 9.52. The van der Waals surface area contributed by atoms with Gasteiger partial charge in [0.05, 0.1) is 18.3 Å². The highest BCUT2D eigenvalue weighted by molar-refractivity contribution is 5.51. The third-order valence-corrected chi connectivity index (χ3v) is 2.78. The summed E-state index contributed by atoms with van der Waals surface area (Å²) in [5.41, 5.74) is 0. The van der Waals surface area contributed by atoms with Crippen LogP contribution in [0.4, 0.5) is 0 Å². The highest BCUT2D eigenvalue weighted by Gasteiger charge is 2.14. The lowest BCUT2D eigenvalue weighted by Crippen LogP contribution is -2.14. The Bertz CT molecular complexity index is 427. The first-order valence-electron chi connectivity index (χ1n) is 8.26. The van der Waals surface area contributed by atoms with E-state index >= 15 is 0 Å². The van der Waals surface area contributed by atoms with Crippen LogP contribution in [0.3, 0.4) is 0 Å². The molecular formula is C18H30O6. The average molecular weight is 342 g/mol. The first-order chi connectivity index (χ1) is 11.4. The highest BCUT2D eigenvalue weighted by Crippen LogP contribution is 2.37. The van der Waals surface area contributed by atoms with Gasteiger partial charge in [-0.3, -0.25) is 0 Å². The number of para-hydroxylation sites is 1. The number of hydrogen-bond acceptors (Lipinski definition) is 6. The van der Waals surface area contributed by atoms with Crippen molar-refractivity contribution in [1.82, 2.24) is 0 Å². The molecular weight excluding hydrogens is 312 g/mol. The molecule has 1 aromatic rings. The first kappa shape index (κ1) is 20.5. The van der Waals surface area contributed by atoms with Crippen molar-refractivity contribution in [2.45, 2.75) is 59.9 Å². The molecule has 0 amide bonds. The second kappa shape index (κ2) is 11.1. The van der Waals surface area contributed by atoms with Crippen LogP contribution in [-0.4, -0.2) is 38.7 Å². The van der Waals surface area contributed by atoms with E-state index in [0.29, 0.717) is 17.2 Å². The van der Waals surface area contributed by atoms with E-state index in [0.717, 1.165) is 0 Å². The minimum atomic E-state index is 0.0657. The molecule has 24 heavy (non-hydrogen) atoms. The van der Waals surface area contributed by atoms with Crippen LogP contribution in [0.15, 0.2) is 18.2 Å². The maximum Gasteiger partial charge on any atom is 0.206 e. The van der Waals surface area contributed by atoms with Gasteiger partial charge in [0.1, 0.15) is 0 Å². The lowest BCUT2D eigenvalue weighted by molar-refractivity contribution is -0.0403. The Hall–Kier alpha value is -1.50. The van der Waals surface area contributed by atoms with Crippen molar-refractivity contribution in [3.63, 3.8) is 0 Å². The molecule has 0 atom stereocenters. The molecule has 0 aliphatic heterocycles. The Morgan fingerprint density at radius 2 is 1.00 bits per heavy atom. The predicted octanol–water partition coefficient (Wildman–Crippen LogP) is 3.97. The second-order valence-electron chi connectivity index (χ2n) is 6.02. The Morgan fingerprint density at radius 1 is 0.625 bits per heavy atom. The van der Waals surface area contributed by atoms with Crippen molar-refractivity contribution in [1.29, 1.82) is 0 Å². The van der Waals surface area contributed by atoms with Gasteiger partial charge in [0.15, 0.2) is 31.9 Å². The van der Waals surface area contributed by atoms with Gasteiger partial charge in [0.2, 0.25) is 5.75 Å². The Labute approximate surface area is 144 Å². The molecule has 0 unspecified atom stereocenters. The summed E-state index contributed by atoms with van der Waals surface area (Å²) >= 11 is 0. The molecule has 0 aromatic heterocycles. The molecule has 0 spiro atoms. The van der Waals surface area contributed by atoms with Crippen molar-refractivity contribution in [2.24, 2.45) is 0 Å². The molecule has 6 nitrogen and oxygen atoms in total. The minimum Gasteiger partial charge on any atom is -0.463 e. The smallest absolute Gasteiger partial charge is 0.206 e. The molecule has 0 bridgehead atoms. The van der Waals surface area contributed by atoms with E-state index in [1.54, 1.807) is 12.1 Å². The molecule has 0 saturated carbocycles. The first-order valence-corrected chi connectivity index (χ1v) is 8.26. The van der Waals surface area contributed by atoms with Gasteiger partial charge in [-0.2, -0.15) is 0 Å². The molecule has 0 aliphatic carbocycles. The van der Waals surface area contributed by atoms with E-state index in [1.807, 2.05) is 47.6 Å². The number of rotatable bonds is 12. The van der Waals surface area contributed by atoms with Gasteiger partial charge in [-0.25, -0.2) is 0 Å². The molecule has 6 heteroatoms. The maximum atomic E-state index is 5.71. The van der Waals surface area contributed by atoms with Crippen molar-refractivity contribution in [2.75, 3.05) is 20.4 Å². The predicted molar refractivity (Wildman–Crippen MR) is 91.6 cm³/mol. The third-order valence-electron chi connectivity index (χ3n) is 2.78. The summed E-state index contributed by atoms with van der Waals surface area (Å²) in [6, 6.07) is 5.42. The number of benzene rings is 1. The van der Waals surface area contributed by atoms with E-state index in [2.05, 4.69) is 0 Å². The van der Waals surface area contributed by atoms with E-state index in [1.165, 1.54) is 0 Å². The van der Waals surface area contributed by atoms with Gasteiger partial charge in [-0.1, -0.05) is 6.07 Å². The number of ether oxygens (including phenoxy) is 6. The summed E-state index contributed by atoms with van der Waals surface area (Å²) in [5, 5.41) is 0. The average Bonchev–Trinajstić information content (AvgIpc) is 2.48. The lowest BCUT2D eigenvalue weighted by Gasteiger charge is -2.18. The van der Waals surface area contributed by atoms with E-state index < -0.39 is 0 Å². The van der Waals surface area contributed by atoms with Gasteiger partial charge >= 0.3 is 0 Å². The summed E-state index contributed by atoms with van der Waals surface area (Å²) < 4.78 is 33.3. The molecule has 1 aromatic carbocycles. The summed E-state index contributed by atoms with van der Waals surface area (Å²) in [5.74, 6) is 1.54. The van der Waals surface area contributed by atoms with Crippen molar-refractivity contribution in [3.8, 4) is 17.2 Å². The van der Waals surface area contributed by atoms with E-state index in [9.17, 15) is 0 Å². The summed E-state index contributed by atoms with van der Waals surface area (Å²) in [4.78, 5) is 0. The molecule has 0 N–H and O–H groups in total. The van der Waals surface area contributed by atoms with Crippen molar-refractivity contribution >= 4 is 0 Å². The summed E-state index contributed by atoms with van der Waals surface area (Å²) in [6.07, 6.45) is 0.228. The summed E-state index contributed by atoms with van der Waals surface area (Å²) in [7, 11) is 0. The van der Waals surface area contributed by atoms with Crippen molar-refractivity contribution < 1.29 is 28.4 Å². The van der Waals surface area contributed by atoms with Crippen LogP contribution < -0.4 is 14.2 Å². The fourth-order valence-corrected chi connectivity index (χ4v) is 1.56. The Balaban J connectivity index is 2.78. The minimum absolute atomic E-state index is 0.0657. The zero-order chi connectivity index (χ0) is 17.9. The van der Waals surface area contributed by atoms with Gasteiger partial charge in [-0.05, 0) is 53.7 Å². The SMILES string of the molecule is CC(C)OCOc1cccc(OCOC(C)C)c1OCOC(C)C. The molecule has 0 heterocycles. The summed E-state index contributed by atoms with van der Waals surface area (Å²) in [6.45, 7) is 12.0. The van der Waals surface area contributed by atoms with Crippen LogP contribution in [0.25, 0.3) is 0 Å². The topological polar surface area (TPSA) is 55.4 Å².